The van der Waals surface area contributed by atoms with Gasteiger partial charge in [-0.15, -0.1) is 0 Å². The monoisotopic (exact) mass is 273 g/mol. The van der Waals surface area contributed by atoms with E-state index in [1.807, 2.05) is 0 Å². The lowest BCUT2D eigenvalue weighted by Gasteiger charge is -2.06. The summed E-state index contributed by atoms with van der Waals surface area (Å²) in [6.07, 6.45) is 0. The molecule has 1 aromatic rings. The molecule has 18 heavy (non-hydrogen) atoms. The van der Waals surface area contributed by atoms with Crippen LogP contribution in [0.1, 0.15) is 10.4 Å². The minimum atomic E-state index is -0.450. The highest BCUT2D eigenvalue weighted by molar-refractivity contribution is 6.33. The second kappa shape index (κ2) is 7.92. The first-order valence-corrected chi connectivity index (χ1v) is 5.81. The Morgan fingerprint density at radius 1 is 1.28 bits per heavy atom. The average Bonchev–Trinajstić information content (AvgIpc) is 2.36. The smallest absolute Gasteiger partial charge is 0.338 e. The molecule has 1 rings (SSSR count). The van der Waals surface area contributed by atoms with Crippen molar-refractivity contribution in [1.82, 2.24) is 0 Å². The highest BCUT2D eigenvalue weighted by atomic mass is 35.5. The second-order valence-electron chi connectivity index (χ2n) is 3.48. The normalized spacial score (nSPS) is 10.3. The summed E-state index contributed by atoms with van der Waals surface area (Å²) in [5, 5.41) is 0.412. The fourth-order valence-corrected chi connectivity index (χ4v) is 1.31. The van der Waals surface area contributed by atoms with E-state index in [-0.39, 0.29) is 6.61 Å². The van der Waals surface area contributed by atoms with Crippen molar-refractivity contribution in [2.45, 2.75) is 0 Å². The Kier molecular flexibility index (Phi) is 6.49. The zero-order valence-electron chi connectivity index (χ0n) is 10.1. The fourth-order valence-electron chi connectivity index (χ4n) is 1.19. The number of halogens is 1. The van der Waals surface area contributed by atoms with Crippen LogP contribution in [0.3, 0.4) is 0 Å². The number of ether oxygens (including phenoxy) is 3. The third-order valence-corrected chi connectivity index (χ3v) is 2.47. The topological polar surface area (TPSA) is 70.8 Å². The van der Waals surface area contributed by atoms with Gasteiger partial charge in [-0.1, -0.05) is 11.6 Å². The molecule has 0 aliphatic heterocycles. The van der Waals surface area contributed by atoms with E-state index in [0.29, 0.717) is 36.1 Å². The van der Waals surface area contributed by atoms with E-state index in [1.165, 1.54) is 6.07 Å². The highest BCUT2D eigenvalue weighted by Crippen LogP contribution is 2.19. The number of hydrogen-bond acceptors (Lipinski definition) is 5. The van der Waals surface area contributed by atoms with Gasteiger partial charge >= 0.3 is 5.97 Å². The van der Waals surface area contributed by atoms with Crippen molar-refractivity contribution < 1.29 is 19.0 Å². The fraction of sp³-hybridized carbons (Fsp3) is 0.417. The van der Waals surface area contributed by atoms with Crippen LogP contribution in [0.2, 0.25) is 5.02 Å². The summed E-state index contributed by atoms with van der Waals surface area (Å²) in [6, 6.07) is 4.60. The molecule has 0 radical (unpaired) electrons. The van der Waals surface area contributed by atoms with Crippen molar-refractivity contribution in [3.05, 3.63) is 28.8 Å². The summed E-state index contributed by atoms with van der Waals surface area (Å²) in [5.41, 5.74) is 6.31. The summed E-state index contributed by atoms with van der Waals surface area (Å²) in [7, 11) is 1.59. The SMILES string of the molecule is COCCOCCOC(=O)c1ccc(Cl)c(N)c1. The van der Waals surface area contributed by atoms with Gasteiger partial charge in [0.2, 0.25) is 0 Å². The van der Waals surface area contributed by atoms with Crippen LogP contribution in [0, 0.1) is 0 Å². The van der Waals surface area contributed by atoms with E-state index in [0.717, 1.165) is 0 Å². The minimum absolute atomic E-state index is 0.186. The second-order valence-corrected chi connectivity index (χ2v) is 3.88. The van der Waals surface area contributed by atoms with E-state index in [9.17, 15) is 4.79 Å². The largest absolute Gasteiger partial charge is 0.460 e. The molecule has 5 nitrogen and oxygen atoms in total. The molecular weight excluding hydrogens is 258 g/mol. The Bertz CT molecular complexity index is 398. The number of anilines is 1. The maximum Gasteiger partial charge on any atom is 0.338 e. The molecule has 0 aromatic heterocycles. The standard InChI is InChI=1S/C12H16ClNO4/c1-16-4-5-17-6-7-18-12(15)9-2-3-10(13)11(14)8-9/h2-3,8H,4-7,14H2,1H3. The number of methoxy groups -OCH3 is 1. The quantitative estimate of drug-likeness (QED) is 0.465. The van der Waals surface area contributed by atoms with Crippen LogP contribution < -0.4 is 5.73 Å². The van der Waals surface area contributed by atoms with Crippen molar-refractivity contribution in [2.75, 3.05) is 39.3 Å². The van der Waals surface area contributed by atoms with Crippen molar-refractivity contribution in [1.29, 1.82) is 0 Å². The summed E-state index contributed by atoms with van der Waals surface area (Å²) >= 11 is 5.75. The number of benzene rings is 1. The Morgan fingerprint density at radius 2 is 2.00 bits per heavy atom. The third kappa shape index (κ3) is 4.91. The van der Waals surface area contributed by atoms with Gasteiger partial charge in [0, 0.05) is 7.11 Å². The van der Waals surface area contributed by atoms with Gasteiger partial charge in [-0.05, 0) is 18.2 Å². The number of nitrogen functional groups attached to an aromatic ring is 1. The van der Waals surface area contributed by atoms with E-state index in [2.05, 4.69) is 0 Å². The van der Waals surface area contributed by atoms with Crippen LogP contribution in [0.5, 0.6) is 0 Å². The first-order valence-electron chi connectivity index (χ1n) is 5.44. The van der Waals surface area contributed by atoms with Gasteiger partial charge < -0.3 is 19.9 Å². The van der Waals surface area contributed by atoms with Crippen molar-refractivity contribution in [3.63, 3.8) is 0 Å². The summed E-state index contributed by atoms with van der Waals surface area (Å²) in [4.78, 5) is 11.6. The molecule has 0 fully saturated rings. The molecule has 0 spiro atoms. The first kappa shape index (κ1) is 14.8. The number of rotatable bonds is 7. The van der Waals surface area contributed by atoms with Crippen LogP contribution >= 0.6 is 11.6 Å². The van der Waals surface area contributed by atoms with Gasteiger partial charge in [-0.25, -0.2) is 4.79 Å². The van der Waals surface area contributed by atoms with Crippen LogP contribution in [0.15, 0.2) is 18.2 Å². The number of nitrogens with two attached hydrogens (primary N) is 1. The van der Waals surface area contributed by atoms with Crippen molar-refractivity contribution in [2.24, 2.45) is 0 Å². The number of carbonyl (C=O) groups is 1. The molecule has 0 aliphatic rings. The van der Waals surface area contributed by atoms with Crippen LogP contribution in [0.25, 0.3) is 0 Å². The molecule has 0 amide bonds. The molecule has 0 saturated heterocycles. The van der Waals surface area contributed by atoms with Gasteiger partial charge in [-0.3, -0.25) is 0 Å². The van der Waals surface area contributed by atoms with Gasteiger partial charge in [0.1, 0.15) is 6.61 Å². The molecule has 0 atom stereocenters. The summed E-state index contributed by atoms with van der Waals surface area (Å²) in [5.74, 6) is -0.450. The first-order chi connectivity index (χ1) is 8.65. The van der Waals surface area contributed by atoms with Gasteiger partial charge in [0.05, 0.1) is 36.1 Å². The molecule has 2 N–H and O–H groups in total. The number of hydrogen-bond donors (Lipinski definition) is 1. The molecule has 6 heteroatoms. The Labute approximate surface area is 111 Å². The number of esters is 1. The lowest BCUT2D eigenvalue weighted by molar-refractivity contribution is 0.0214. The van der Waals surface area contributed by atoms with E-state index in [4.69, 9.17) is 31.5 Å². The lowest BCUT2D eigenvalue weighted by Crippen LogP contribution is -2.12. The van der Waals surface area contributed by atoms with Crippen molar-refractivity contribution >= 4 is 23.3 Å². The van der Waals surface area contributed by atoms with Gasteiger partial charge in [0.25, 0.3) is 0 Å². The molecule has 0 heterocycles. The Hall–Kier alpha value is -1.30. The molecule has 0 aliphatic carbocycles. The third-order valence-electron chi connectivity index (χ3n) is 2.12. The van der Waals surface area contributed by atoms with E-state index in [1.54, 1.807) is 19.2 Å². The Balaban J connectivity index is 2.30. The molecule has 0 bridgehead atoms. The molecule has 1 aromatic carbocycles. The summed E-state index contributed by atoms with van der Waals surface area (Å²) in [6.45, 7) is 1.51. The number of carbonyl (C=O) groups excluding carboxylic acids is 1. The predicted molar refractivity (Wildman–Crippen MR) is 68.8 cm³/mol. The molecule has 100 valence electrons. The van der Waals surface area contributed by atoms with Crippen LogP contribution in [-0.2, 0) is 14.2 Å². The molecule has 0 unspecified atom stereocenters. The van der Waals surface area contributed by atoms with Gasteiger partial charge in [-0.2, -0.15) is 0 Å². The predicted octanol–water partition coefficient (Wildman–Crippen LogP) is 1.74. The lowest BCUT2D eigenvalue weighted by atomic mass is 10.2. The van der Waals surface area contributed by atoms with Crippen molar-refractivity contribution in [3.8, 4) is 0 Å². The average molecular weight is 274 g/mol. The molecule has 0 saturated carbocycles. The Morgan fingerprint density at radius 3 is 2.67 bits per heavy atom. The zero-order valence-corrected chi connectivity index (χ0v) is 10.9. The highest BCUT2D eigenvalue weighted by Gasteiger charge is 2.08. The minimum Gasteiger partial charge on any atom is -0.460 e. The van der Waals surface area contributed by atoms with E-state index < -0.39 is 5.97 Å². The maximum absolute atomic E-state index is 11.6. The van der Waals surface area contributed by atoms with E-state index >= 15 is 0 Å². The van der Waals surface area contributed by atoms with Gasteiger partial charge in [0.15, 0.2) is 0 Å². The maximum atomic E-state index is 11.6. The molecular formula is C12H16ClNO4. The van der Waals surface area contributed by atoms with Crippen LogP contribution in [-0.4, -0.2) is 39.5 Å². The zero-order chi connectivity index (χ0) is 13.4. The van der Waals surface area contributed by atoms with Crippen LogP contribution in [0.4, 0.5) is 5.69 Å². The summed E-state index contributed by atoms with van der Waals surface area (Å²) < 4.78 is 15.0.